The first-order chi connectivity index (χ1) is 9.55. The summed E-state index contributed by atoms with van der Waals surface area (Å²) < 4.78 is 4.20. The Kier molecular flexibility index (Phi) is 5.59. The number of hydrogen-bond acceptors (Lipinski definition) is 3. The van der Waals surface area contributed by atoms with Crippen molar-refractivity contribution in [3.8, 4) is 0 Å². The zero-order valence-electron chi connectivity index (χ0n) is 11.5. The van der Waals surface area contributed by atoms with Crippen molar-refractivity contribution in [3.05, 3.63) is 49.3 Å². The summed E-state index contributed by atoms with van der Waals surface area (Å²) in [5, 5.41) is 4.49. The van der Waals surface area contributed by atoms with E-state index in [1.807, 2.05) is 17.8 Å². The SMILES string of the molecule is CCc1cc(CC(NN)c2cc(Br)ccc2I)n(C)n1. The maximum absolute atomic E-state index is 5.76. The van der Waals surface area contributed by atoms with Crippen LogP contribution in [0.2, 0.25) is 0 Å². The zero-order chi connectivity index (χ0) is 14.7. The van der Waals surface area contributed by atoms with Gasteiger partial charge in [0, 0.05) is 27.2 Å². The summed E-state index contributed by atoms with van der Waals surface area (Å²) >= 11 is 5.86. The zero-order valence-corrected chi connectivity index (χ0v) is 15.3. The Morgan fingerprint density at radius 2 is 2.20 bits per heavy atom. The Labute approximate surface area is 141 Å². The Balaban J connectivity index is 2.28. The molecule has 1 aromatic heterocycles. The standard InChI is InChI=1S/C14H18BrIN4/c1-3-10-7-11(20(2)19-10)8-14(18-17)12-6-9(15)4-5-13(12)16/h4-7,14,18H,3,8,17H2,1-2H3. The number of halogens is 2. The third kappa shape index (κ3) is 3.60. The van der Waals surface area contributed by atoms with E-state index in [0.717, 1.165) is 23.0 Å². The quantitative estimate of drug-likeness (QED) is 0.419. The second-order valence-corrected chi connectivity index (χ2v) is 6.77. The summed E-state index contributed by atoms with van der Waals surface area (Å²) in [6, 6.07) is 8.46. The molecule has 0 spiro atoms. The van der Waals surface area contributed by atoms with Crippen molar-refractivity contribution in [2.24, 2.45) is 12.9 Å². The molecule has 3 N–H and O–H groups in total. The number of nitrogens with one attached hydrogen (secondary N) is 1. The van der Waals surface area contributed by atoms with Crippen LogP contribution in [0.25, 0.3) is 0 Å². The average Bonchev–Trinajstić information content (AvgIpc) is 2.79. The largest absolute Gasteiger partial charge is 0.272 e. The van der Waals surface area contributed by atoms with E-state index in [9.17, 15) is 0 Å². The summed E-state index contributed by atoms with van der Waals surface area (Å²) in [6.07, 6.45) is 1.76. The van der Waals surface area contributed by atoms with E-state index in [1.165, 1.54) is 14.8 Å². The van der Waals surface area contributed by atoms with Crippen molar-refractivity contribution >= 4 is 38.5 Å². The Morgan fingerprint density at radius 3 is 2.80 bits per heavy atom. The van der Waals surface area contributed by atoms with Gasteiger partial charge in [-0.05, 0) is 58.8 Å². The number of rotatable bonds is 5. The van der Waals surface area contributed by atoms with Crippen LogP contribution in [0.1, 0.15) is 29.9 Å². The summed E-state index contributed by atoms with van der Waals surface area (Å²) in [4.78, 5) is 0. The fourth-order valence-electron chi connectivity index (χ4n) is 2.18. The first-order valence-corrected chi connectivity index (χ1v) is 8.35. The van der Waals surface area contributed by atoms with Crippen LogP contribution in [0.5, 0.6) is 0 Å². The highest BCUT2D eigenvalue weighted by Gasteiger charge is 2.16. The van der Waals surface area contributed by atoms with Gasteiger partial charge in [-0.3, -0.25) is 16.0 Å². The third-order valence-corrected chi connectivity index (χ3v) is 4.81. The van der Waals surface area contributed by atoms with Crippen LogP contribution in [0.3, 0.4) is 0 Å². The van der Waals surface area contributed by atoms with Gasteiger partial charge in [0.15, 0.2) is 0 Å². The Hall–Kier alpha value is -0.440. The fourth-order valence-corrected chi connectivity index (χ4v) is 3.27. The smallest absolute Gasteiger partial charge is 0.0624 e. The van der Waals surface area contributed by atoms with Gasteiger partial charge >= 0.3 is 0 Å². The van der Waals surface area contributed by atoms with Gasteiger partial charge in [-0.25, -0.2) is 0 Å². The summed E-state index contributed by atoms with van der Waals surface area (Å²) in [7, 11) is 1.98. The van der Waals surface area contributed by atoms with E-state index in [-0.39, 0.29) is 6.04 Å². The predicted molar refractivity (Wildman–Crippen MR) is 93.2 cm³/mol. The number of aromatic nitrogens is 2. The number of hydrazine groups is 1. The number of aryl methyl sites for hydroxylation is 2. The molecule has 1 heterocycles. The first-order valence-electron chi connectivity index (χ1n) is 6.48. The first kappa shape index (κ1) is 15.9. The fraction of sp³-hybridized carbons (Fsp3) is 0.357. The number of benzene rings is 1. The molecule has 0 bridgehead atoms. The molecule has 1 unspecified atom stereocenters. The highest BCUT2D eigenvalue weighted by Crippen LogP contribution is 2.26. The Bertz CT molecular complexity index is 597. The summed E-state index contributed by atoms with van der Waals surface area (Å²) in [5.41, 5.74) is 6.41. The average molecular weight is 449 g/mol. The molecular weight excluding hydrogens is 431 g/mol. The van der Waals surface area contributed by atoms with E-state index in [2.05, 4.69) is 74.2 Å². The topological polar surface area (TPSA) is 55.9 Å². The molecule has 6 heteroatoms. The molecule has 4 nitrogen and oxygen atoms in total. The predicted octanol–water partition coefficient (Wildman–Crippen LogP) is 3.10. The minimum Gasteiger partial charge on any atom is -0.272 e. The third-order valence-electron chi connectivity index (χ3n) is 3.34. The van der Waals surface area contributed by atoms with Gasteiger partial charge in [0.2, 0.25) is 0 Å². The molecule has 0 aliphatic heterocycles. The van der Waals surface area contributed by atoms with Gasteiger partial charge in [-0.2, -0.15) is 5.10 Å². The van der Waals surface area contributed by atoms with Crippen molar-refractivity contribution < 1.29 is 0 Å². The minimum atomic E-state index is 0.0690. The summed E-state index contributed by atoms with van der Waals surface area (Å²) in [5.74, 6) is 5.76. The number of nitrogens with zero attached hydrogens (tertiary/aromatic N) is 2. The van der Waals surface area contributed by atoms with Gasteiger partial charge in [-0.15, -0.1) is 0 Å². The monoisotopic (exact) mass is 448 g/mol. The maximum atomic E-state index is 5.76. The van der Waals surface area contributed by atoms with Crippen molar-refractivity contribution in [1.29, 1.82) is 0 Å². The lowest BCUT2D eigenvalue weighted by atomic mass is 10.0. The number of hydrogen-bond donors (Lipinski definition) is 2. The van der Waals surface area contributed by atoms with Crippen LogP contribution in [0.15, 0.2) is 28.7 Å². The molecule has 0 aliphatic carbocycles. The van der Waals surface area contributed by atoms with E-state index in [0.29, 0.717) is 0 Å². The maximum Gasteiger partial charge on any atom is 0.0624 e. The van der Waals surface area contributed by atoms with Crippen LogP contribution >= 0.6 is 38.5 Å². The summed E-state index contributed by atoms with van der Waals surface area (Å²) in [6.45, 7) is 2.11. The van der Waals surface area contributed by atoms with Crippen molar-refractivity contribution in [1.82, 2.24) is 15.2 Å². The van der Waals surface area contributed by atoms with Gasteiger partial charge < -0.3 is 0 Å². The molecule has 1 atom stereocenters. The van der Waals surface area contributed by atoms with Crippen molar-refractivity contribution in [2.75, 3.05) is 0 Å². The molecule has 2 aromatic rings. The molecule has 20 heavy (non-hydrogen) atoms. The molecule has 0 saturated carbocycles. The number of nitrogens with two attached hydrogens (primary N) is 1. The lowest BCUT2D eigenvalue weighted by Crippen LogP contribution is -2.30. The van der Waals surface area contributed by atoms with Crippen molar-refractivity contribution in [3.63, 3.8) is 0 Å². The highest BCUT2D eigenvalue weighted by molar-refractivity contribution is 14.1. The second-order valence-electron chi connectivity index (χ2n) is 4.69. The van der Waals surface area contributed by atoms with E-state index >= 15 is 0 Å². The molecule has 1 aromatic carbocycles. The molecule has 2 rings (SSSR count). The highest BCUT2D eigenvalue weighted by atomic mass is 127. The van der Waals surface area contributed by atoms with Crippen LogP contribution < -0.4 is 11.3 Å². The molecule has 0 amide bonds. The second kappa shape index (κ2) is 7.02. The lowest BCUT2D eigenvalue weighted by Gasteiger charge is -2.18. The Morgan fingerprint density at radius 1 is 1.45 bits per heavy atom. The van der Waals surface area contributed by atoms with Crippen molar-refractivity contribution in [2.45, 2.75) is 25.8 Å². The molecule has 0 radical (unpaired) electrons. The minimum absolute atomic E-state index is 0.0690. The lowest BCUT2D eigenvalue weighted by molar-refractivity contribution is 0.528. The molecule has 108 valence electrons. The van der Waals surface area contributed by atoms with Gasteiger partial charge in [0.25, 0.3) is 0 Å². The molecule has 0 saturated heterocycles. The molecular formula is C14H18BrIN4. The molecule has 0 fully saturated rings. The van der Waals surface area contributed by atoms with Gasteiger partial charge in [-0.1, -0.05) is 22.9 Å². The van der Waals surface area contributed by atoms with Gasteiger partial charge in [0.05, 0.1) is 11.7 Å². The van der Waals surface area contributed by atoms with Crippen LogP contribution in [-0.2, 0) is 19.9 Å². The van der Waals surface area contributed by atoms with Crippen LogP contribution in [-0.4, -0.2) is 9.78 Å². The van der Waals surface area contributed by atoms with E-state index < -0.39 is 0 Å². The van der Waals surface area contributed by atoms with E-state index in [4.69, 9.17) is 5.84 Å². The van der Waals surface area contributed by atoms with Crippen LogP contribution in [0.4, 0.5) is 0 Å². The molecule has 0 aliphatic rings. The van der Waals surface area contributed by atoms with Gasteiger partial charge in [0.1, 0.15) is 0 Å². The van der Waals surface area contributed by atoms with Crippen LogP contribution in [0, 0.1) is 3.57 Å². The normalized spacial score (nSPS) is 12.7. The van der Waals surface area contributed by atoms with E-state index in [1.54, 1.807) is 0 Å².